The predicted octanol–water partition coefficient (Wildman–Crippen LogP) is 4.09. The summed E-state index contributed by atoms with van der Waals surface area (Å²) < 4.78 is 15.6. The summed E-state index contributed by atoms with van der Waals surface area (Å²) in [6.07, 6.45) is 9.76. The molecule has 29 heavy (non-hydrogen) atoms. The lowest BCUT2D eigenvalue weighted by Crippen LogP contribution is -2.50. The molecule has 1 aliphatic carbocycles. The highest BCUT2D eigenvalue weighted by atomic mass is 35.5. The topological polar surface area (TPSA) is 65.1 Å². The van der Waals surface area contributed by atoms with Crippen molar-refractivity contribution in [3.63, 3.8) is 0 Å². The van der Waals surface area contributed by atoms with Crippen molar-refractivity contribution in [2.75, 3.05) is 27.4 Å². The molecule has 6 nitrogen and oxygen atoms in total. The fourth-order valence-corrected chi connectivity index (χ4v) is 4.69. The van der Waals surface area contributed by atoms with E-state index < -0.39 is 5.97 Å². The molecule has 1 saturated heterocycles. The number of carbonyl (C=O) groups is 2. The summed E-state index contributed by atoms with van der Waals surface area (Å²) in [7, 11) is 3.02. The number of rotatable bonds is 6. The number of hydrogen-bond donors (Lipinski definition) is 0. The van der Waals surface area contributed by atoms with Crippen LogP contribution in [0.1, 0.15) is 44.1 Å². The Kier molecular flexibility index (Phi) is 7.42. The zero-order valence-corrected chi connectivity index (χ0v) is 17.7. The molecule has 1 aromatic rings. The van der Waals surface area contributed by atoms with Crippen LogP contribution in [0.2, 0.25) is 5.02 Å². The monoisotopic (exact) mass is 421 g/mol. The SMILES string of the molecule is COc1cc(/C=C/C(=O)OCC(=O)N2CCC[C@H]3CCCC[C@@H]32)cc(Cl)c1OC. The predicted molar refractivity (Wildman–Crippen MR) is 111 cm³/mol. The molecule has 0 unspecified atom stereocenters. The van der Waals surface area contributed by atoms with E-state index in [1.807, 2.05) is 4.90 Å². The van der Waals surface area contributed by atoms with E-state index in [9.17, 15) is 9.59 Å². The van der Waals surface area contributed by atoms with Crippen LogP contribution in [0.4, 0.5) is 0 Å². The average Bonchev–Trinajstić information content (AvgIpc) is 2.75. The van der Waals surface area contributed by atoms with Crippen LogP contribution in [0, 0.1) is 5.92 Å². The van der Waals surface area contributed by atoms with Crippen LogP contribution >= 0.6 is 11.6 Å². The van der Waals surface area contributed by atoms with E-state index in [0.29, 0.717) is 34.0 Å². The number of nitrogens with zero attached hydrogens (tertiary/aromatic N) is 1. The molecule has 0 bridgehead atoms. The zero-order valence-electron chi connectivity index (χ0n) is 17.0. The number of methoxy groups -OCH3 is 2. The Morgan fingerprint density at radius 2 is 1.90 bits per heavy atom. The Labute approximate surface area is 176 Å². The van der Waals surface area contributed by atoms with Gasteiger partial charge >= 0.3 is 5.97 Å². The standard InChI is InChI=1S/C22H28ClNO5/c1-27-19-13-15(12-17(23)22(19)28-2)9-10-21(26)29-14-20(25)24-11-5-7-16-6-3-4-8-18(16)24/h9-10,12-13,16,18H,3-8,11,14H2,1-2H3/b10-9+/t16-,18+/m1/s1. The first-order valence-electron chi connectivity index (χ1n) is 10.1. The minimum atomic E-state index is -0.568. The van der Waals surface area contributed by atoms with Gasteiger partial charge in [-0.05, 0) is 55.4 Å². The van der Waals surface area contributed by atoms with Crippen LogP contribution in [-0.4, -0.2) is 50.2 Å². The van der Waals surface area contributed by atoms with Gasteiger partial charge in [-0.2, -0.15) is 0 Å². The maximum Gasteiger partial charge on any atom is 0.331 e. The van der Waals surface area contributed by atoms with Gasteiger partial charge in [-0.1, -0.05) is 24.4 Å². The number of carbonyl (C=O) groups excluding carboxylic acids is 2. The highest BCUT2D eigenvalue weighted by Gasteiger charge is 2.35. The summed E-state index contributed by atoms with van der Waals surface area (Å²) in [6, 6.07) is 3.68. The van der Waals surface area contributed by atoms with Gasteiger partial charge in [0.25, 0.3) is 5.91 Å². The summed E-state index contributed by atoms with van der Waals surface area (Å²) in [4.78, 5) is 26.6. The van der Waals surface area contributed by atoms with Crippen LogP contribution < -0.4 is 9.47 Å². The lowest BCUT2D eigenvalue weighted by molar-refractivity contribution is -0.151. The van der Waals surface area contributed by atoms with Gasteiger partial charge in [-0.3, -0.25) is 4.79 Å². The van der Waals surface area contributed by atoms with E-state index in [-0.39, 0.29) is 12.5 Å². The summed E-state index contributed by atoms with van der Waals surface area (Å²) in [5, 5.41) is 0.377. The number of piperidine rings is 1. The summed E-state index contributed by atoms with van der Waals surface area (Å²) in [5.41, 5.74) is 0.664. The molecule has 1 aliphatic heterocycles. The van der Waals surface area contributed by atoms with Gasteiger partial charge < -0.3 is 19.1 Å². The second-order valence-electron chi connectivity index (χ2n) is 7.52. The number of amides is 1. The molecule has 2 atom stereocenters. The van der Waals surface area contributed by atoms with Crippen molar-refractivity contribution in [3.8, 4) is 11.5 Å². The molecule has 1 amide bonds. The third kappa shape index (κ3) is 5.24. The fraction of sp³-hybridized carbons (Fsp3) is 0.545. The van der Waals surface area contributed by atoms with Crippen molar-refractivity contribution < 1.29 is 23.8 Å². The highest BCUT2D eigenvalue weighted by molar-refractivity contribution is 6.32. The number of halogens is 1. The fourth-order valence-electron chi connectivity index (χ4n) is 4.40. The summed E-state index contributed by atoms with van der Waals surface area (Å²) in [5.74, 6) is 0.836. The van der Waals surface area contributed by atoms with Gasteiger partial charge in [-0.15, -0.1) is 0 Å². The van der Waals surface area contributed by atoms with Gasteiger partial charge in [0, 0.05) is 18.7 Å². The largest absolute Gasteiger partial charge is 0.493 e. The molecule has 0 radical (unpaired) electrons. The Hall–Kier alpha value is -2.21. The molecule has 1 saturated carbocycles. The lowest BCUT2D eigenvalue weighted by Gasteiger charge is -2.44. The molecule has 2 fully saturated rings. The number of ether oxygens (including phenoxy) is 3. The van der Waals surface area contributed by atoms with Crippen molar-refractivity contribution in [1.29, 1.82) is 0 Å². The summed E-state index contributed by atoms with van der Waals surface area (Å²) >= 11 is 6.17. The average molecular weight is 422 g/mol. The van der Waals surface area contributed by atoms with E-state index in [1.54, 1.807) is 18.2 Å². The molecule has 0 N–H and O–H groups in total. The van der Waals surface area contributed by atoms with E-state index in [4.69, 9.17) is 25.8 Å². The molecular weight excluding hydrogens is 394 g/mol. The molecule has 3 rings (SSSR count). The van der Waals surface area contributed by atoms with Crippen molar-refractivity contribution in [3.05, 3.63) is 28.8 Å². The second kappa shape index (κ2) is 10.0. The van der Waals surface area contributed by atoms with Crippen LogP contribution in [0.25, 0.3) is 6.08 Å². The van der Waals surface area contributed by atoms with Crippen LogP contribution in [0.3, 0.4) is 0 Å². The molecule has 1 heterocycles. The van der Waals surface area contributed by atoms with Crippen LogP contribution in [-0.2, 0) is 14.3 Å². The van der Waals surface area contributed by atoms with E-state index in [0.717, 1.165) is 19.4 Å². The number of fused-ring (bicyclic) bond motifs is 1. The van der Waals surface area contributed by atoms with E-state index in [1.165, 1.54) is 46.0 Å². The van der Waals surface area contributed by atoms with E-state index >= 15 is 0 Å². The Balaban J connectivity index is 1.55. The van der Waals surface area contributed by atoms with Gasteiger partial charge in [0.2, 0.25) is 0 Å². The number of benzene rings is 1. The minimum absolute atomic E-state index is 0.0995. The number of hydrogen-bond acceptors (Lipinski definition) is 5. The second-order valence-corrected chi connectivity index (χ2v) is 7.93. The molecule has 0 aromatic heterocycles. The Bertz CT molecular complexity index is 777. The van der Waals surface area contributed by atoms with Crippen LogP contribution in [0.5, 0.6) is 11.5 Å². The maximum atomic E-state index is 12.6. The number of likely N-dealkylation sites (tertiary alicyclic amines) is 1. The third-order valence-corrected chi connectivity index (χ3v) is 6.05. The molecule has 7 heteroatoms. The molecule has 0 spiro atoms. The molecule has 158 valence electrons. The van der Waals surface area contributed by atoms with Gasteiger partial charge in [0.1, 0.15) is 0 Å². The quantitative estimate of drug-likeness (QED) is 0.511. The Morgan fingerprint density at radius 1 is 1.14 bits per heavy atom. The van der Waals surface area contributed by atoms with Gasteiger partial charge in [0.05, 0.1) is 19.2 Å². The van der Waals surface area contributed by atoms with Crippen LogP contribution in [0.15, 0.2) is 18.2 Å². The first-order chi connectivity index (χ1) is 14.0. The van der Waals surface area contributed by atoms with Crippen molar-refractivity contribution in [2.45, 2.75) is 44.6 Å². The molecule has 2 aliphatic rings. The highest BCUT2D eigenvalue weighted by Crippen LogP contribution is 2.37. The Morgan fingerprint density at radius 3 is 2.66 bits per heavy atom. The van der Waals surface area contributed by atoms with Gasteiger partial charge in [0.15, 0.2) is 18.1 Å². The minimum Gasteiger partial charge on any atom is -0.493 e. The zero-order chi connectivity index (χ0) is 20.8. The molecular formula is C22H28ClNO5. The normalized spacial score (nSPS) is 21.6. The van der Waals surface area contributed by atoms with Crippen molar-refractivity contribution in [1.82, 2.24) is 4.90 Å². The first kappa shape index (κ1) is 21.5. The van der Waals surface area contributed by atoms with Gasteiger partial charge in [-0.25, -0.2) is 4.79 Å². The maximum absolute atomic E-state index is 12.6. The van der Waals surface area contributed by atoms with Crippen molar-refractivity contribution in [2.24, 2.45) is 5.92 Å². The molecule has 1 aromatic carbocycles. The van der Waals surface area contributed by atoms with Crippen molar-refractivity contribution >= 4 is 29.6 Å². The first-order valence-corrected chi connectivity index (χ1v) is 10.5. The smallest absolute Gasteiger partial charge is 0.331 e. The number of esters is 1. The van der Waals surface area contributed by atoms with E-state index in [2.05, 4.69) is 0 Å². The summed E-state index contributed by atoms with van der Waals surface area (Å²) in [6.45, 7) is 0.538. The third-order valence-electron chi connectivity index (χ3n) is 5.77. The lowest BCUT2D eigenvalue weighted by atomic mass is 9.78.